The van der Waals surface area contributed by atoms with E-state index >= 15 is 0 Å². The molecule has 2 aromatic carbocycles. The third-order valence-electron chi connectivity index (χ3n) is 6.90. The Hall–Kier alpha value is -2.73. The van der Waals surface area contributed by atoms with Crippen LogP contribution in [-0.2, 0) is 0 Å². The number of pyridine rings is 1. The fourth-order valence-electron chi connectivity index (χ4n) is 5.25. The van der Waals surface area contributed by atoms with Crippen molar-refractivity contribution in [1.29, 1.82) is 0 Å². The summed E-state index contributed by atoms with van der Waals surface area (Å²) in [7, 11) is 0. The summed E-state index contributed by atoms with van der Waals surface area (Å²) < 4.78 is 27.1. The van der Waals surface area contributed by atoms with Gasteiger partial charge in [0.2, 0.25) is 0 Å². The number of aromatic amines is 1. The maximum Gasteiger partial charge on any atom is 0.259 e. The summed E-state index contributed by atoms with van der Waals surface area (Å²) >= 11 is 0. The number of rotatable bonds is 4. The molecule has 2 heterocycles. The Kier molecular flexibility index (Phi) is 5.48. The van der Waals surface area contributed by atoms with Crippen molar-refractivity contribution in [3.8, 4) is 0 Å². The molecule has 0 radical (unpaired) electrons. The van der Waals surface area contributed by atoms with Gasteiger partial charge >= 0.3 is 0 Å². The van der Waals surface area contributed by atoms with Crippen LogP contribution in [0.1, 0.15) is 30.9 Å². The fourth-order valence-corrected chi connectivity index (χ4v) is 5.25. The molecule has 6 heteroatoms. The molecular weight excluding hydrogens is 396 g/mol. The zero-order valence-electron chi connectivity index (χ0n) is 17.5. The van der Waals surface area contributed by atoms with Gasteiger partial charge in [-0.15, -0.1) is 0 Å². The number of H-pyrrole nitrogens is 1. The molecule has 0 spiro atoms. The smallest absolute Gasteiger partial charge is 0.259 e. The summed E-state index contributed by atoms with van der Waals surface area (Å²) in [6.45, 7) is 4.98. The van der Waals surface area contributed by atoms with Gasteiger partial charge in [0.05, 0.1) is 5.39 Å². The number of halogens is 2. The van der Waals surface area contributed by atoms with Gasteiger partial charge in [-0.3, -0.25) is 9.69 Å². The van der Waals surface area contributed by atoms with Crippen LogP contribution in [0.4, 0.5) is 14.5 Å². The first-order valence-corrected chi connectivity index (χ1v) is 11.1. The summed E-state index contributed by atoms with van der Waals surface area (Å²) in [6.07, 6.45) is 3.25. The van der Waals surface area contributed by atoms with E-state index < -0.39 is 5.82 Å². The normalized spacial score (nSPS) is 22.3. The van der Waals surface area contributed by atoms with Crippen LogP contribution < -0.4 is 10.5 Å². The van der Waals surface area contributed by atoms with Gasteiger partial charge in [-0.05, 0) is 72.9 Å². The molecule has 1 N–H and O–H groups in total. The van der Waals surface area contributed by atoms with E-state index in [0.29, 0.717) is 17.2 Å². The summed E-state index contributed by atoms with van der Waals surface area (Å²) in [5.74, 6) is 0.269. The quantitative estimate of drug-likeness (QED) is 0.671. The molecule has 1 aliphatic heterocycles. The van der Waals surface area contributed by atoms with E-state index in [-0.39, 0.29) is 16.8 Å². The van der Waals surface area contributed by atoms with Crippen molar-refractivity contribution in [1.82, 2.24) is 9.88 Å². The zero-order valence-corrected chi connectivity index (χ0v) is 17.5. The van der Waals surface area contributed by atoms with Crippen LogP contribution in [0.15, 0.2) is 53.3 Å². The number of hydrogen-bond acceptors (Lipinski definition) is 3. The van der Waals surface area contributed by atoms with Crippen molar-refractivity contribution in [3.05, 3.63) is 76.2 Å². The van der Waals surface area contributed by atoms with Crippen molar-refractivity contribution in [2.75, 3.05) is 37.6 Å². The van der Waals surface area contributed by atoms with Crippen LogP contribution in [0.3, 0.4) is 0 Å². The molecule has 0 amide bonds. The number of benzene rings is 2. The van der Waals surface area contributed by atoms with Gasteiger partial charge in [-0.2, -0.15) is 0 Å². The minimum absolute atomic E-state index is 0.153. The SMILES string of the molecule is O=c1[nH]c([C@@H]2CC[C@@H](CN3CCN(c4ccc(F)cc4)CC3)C2)cc2cccc(F)c12. The molecule has 31 heavy (non-hydrogen) atoms. The minimum Gasteiger partial charge on any atom is -0.369 e. The highest BCUT2D eigenvalue weighted by molar-refractivity contribution is 5.82. The van der Waals surface area contributed by atoms with Crippen LogP contribution in [0.2, 0.25) is 0 Å². The van der Waals surface area contributed by atoms with Crippen LogP contribution in [-0.4, -0.2) is 42.6 Å². The predicted octanol–water partition coefficient (Wildman–Crippen LogP) is 4.51. The molecule has 2 fully saturated rings. The largest absolute Gasteiger partial charge is 0.369 e. The van der Waals surface area contributed by atoms with Gasteiger partial charge < -0.3 is 9.88 Å². The lowest BCUT2D eigenvalue weighted by Gasteiger charge is -2.37. The molecule has 162 valence electrons. The number of nitrogens with zero attached hydrogens (tertiary/aromatic N) is 2. The molecule has 2 aliphatic rings. The topological polar surface area (TPSA) is 39.3 Å². The molecule has 2 atom stereocenters. The molecule has 1 saturated heterocycles. The van der Waals surface area contributed by atoms with Gasteiger partial charge in [0.15, 0.2) is 0 Å². The summed E-state index contributed by atoms with van der Waals surface area (Å²) in [4.78, 5) is 20.2. The van der Waals surface area contributed by atoms with Crippen LogP contribution >= 0.6 is 0 Å². The second kappa shape index (κ2) is 8.42. The first-order valence-electron chi connectivity index (χ1n) is 11.1. The Morgan fingerprint density at radius 1 is 0.968 bits per heavy atom. The average Bonchev–Trinajstić information content (AvgIpc) is 3.23. The van der Waals surface area contributed by atoms with E-state index in [2.05, 4.69) is 14.8 Å². The first kappa shape index (κ1) is 20.2. The van der Waals surface area contributed by atoms with E-state index in [1.165, 1.54) is 18.2 Å². The van der Waals surface area contributed by atoms with Crippen LogP contribution in [0.25, 0.3) is 10.8 Å². The lowest BCUT2D eigenvalue weighted by Crippen LogP contribution is -2.47. The zero-order chi connectivity index (χ0) is 21.4. The Morgan fingerprint density at radius 2 is 1.74 bits per heavy atom. The number of aromatic nitrogens is 1. The molecule has 1 aromatic heterocycles. The molecule has 1 aliphatic carbocycles. The average molecular weight is 424 g/mol. The van der Waals surface area contributed by atoms with Crippen molar-refractivity contribution in [2.45, 2.75) is 25.2 Å². The Labute approximate surface area is 180 Å². The molecule has 1 saturated carbocycles. The minimum atomic E-state index is -0.464. The van der Waals surface area contributed by atoms with Gasteiger partial charge in [-0.1, -0.05) is 12.1 Å². The number of hydrogen-bond donors (Lipinski definition) is 1. The van der Waals surface area contributed by atoms with E-state index in [0.717, 1.165) is 63.4 Å². The summed E-state index contributed by atoms with van der Waals surface area (Å²) in [6, 6.07) is 13.5. The second-order valence-corrected chi connectivity index (χ2v) is 8.90. The van der Waals surface area contributed by atoms with E-state index in [4.69, 9.17) is 0 Å². The maximum atomic E-state index is 14.0. The van der Waals surface area contributed by atoms with Crippen LogP contribution in [0.5, 0.6) is 0 Å². The summed E-state index contributed by atoms with van der Waals surface area (Å²) in [5.41, 5.74) is 1.69. The first-order chi connectivity index (χ1) is 15.1. The number of piperazine rings is 1. The Morgan fingerprint density at radius 3 is 2.52 bits per heavy atom. The van der Waals surface area contributed by atoms with E-state index in [1.807, 2.05) is 24.3 Å². The van der Waals surface area contributed by atoms with Crippen molar-refractivity contribution in [3.63, 3.8) is 0 Å². The maximum absolute atomic E-state index is 14.0. The highest BCUT2D eigenvalue weighted by atomic mass is 19.1. The van der Waals surface area contributed by atoms with E-state index in [9.17, 15) is 13.6 Å². The van der Waals surface area contributed by atoms with E-state index in [1.54, 1.807) is 6.07 Å². The Bertz CT molecular complexity index is 1120. The van der Waals surface area contributed by atoms with Gasteiger partial charge in [-0.25, -0.2) is 8.78 Å². The molecular formula is C25H27F2N3O. The standard InChI is InChI=1S/C25H27F2N3O/c26-20-6-8-21(9-7-20)30-12-10-29(11-13-30)16-17-4-5-18(14-17)23-15-19-2-1-3-22(27)24(19)25(31)28-23/h1-3,6-9,15,17-18H,4-5,10-14,16H2,(H,28,31)/t17-,18-/m1/s1. The monoisotopic (exact) mass is 423 g/mol. The third-order valence-corrected chi connectivity index (χ3v) is 6.90. The van der Waals surface area contributed by atoms with Gasteiger partial charge in [0, 0.05) is 44.1 Å². The second-order valence-electron chi connectivity index (χ2n) is 8.90. The number of nitrogens with one attached hydrogen (secondary N) is 1. The van der Waals surface area contributed by atoms with Crippen molar-refractivity contribution in [2.24, 2.45) is 5.92 Å². The van der Waals surface area contributed by atoms with Crippen molar-refractivity contribution < 1.29 is 8.78 Å². The Balaban J connectivity index is 1.19. The number of anilines is 1. The molecule has 4 nitrogen and oxygen atoms in total. The van der Waals surface area contributed by atoms with Crippen LogP contribution in [0, 0.1) is 17.6 Å². The molecule has 5 rings (SSSR count). The van der Waals surface area contributed by atoms with Gasteiger partial charge in [0.1, 0.15) is 11.6 Å². The fraction of sp³-hybridized carbons (Fsp3) is 0.400. The molecule has 0 bridgehead atoms. The van der Waals surface area contributed by atoms with Crippen molar-refractivity contribution >= 4 is 16.5 Å². The molecule has 0 unspecified atom stereocenters. The highest BCUT2D eigenvalue weighted by Crippen LogP contribution is 2.38. The van der Waals surface area contributed by atoms with Gasteiger partial charge in [0.25, 0.3) is 5.56 Å². The lowest BCUT2D eigenvalue weighted by atomic mass is 9.98. The summed E-state index contributed by atoms with van der Waals surface area (Å²) in [5, 5.41) is 0.832. The third kappa shape index (κ3) is 4.22. The predicted molar refractivity (Wildman–Crippen MR) is 120 cm³/mol. The highest BCUT2D eigenvalue weighted by Gasteiger charge is 2.29. The molecule has 3 aromatic rings. The lowest BCUT2D eigenvalue weighted by molar-refractivity contribution is 0.219. The number of fused-ring (bicyclic) bond motifs is 1.